The van der Waals surface area contributed by atoms with Gasteiger partial charge in [0.15, 0.2) is 0 Å². The molecule has 1 aliphatic heterocycles. The van der Waals surface area contributed by atoms with Crippen molar-refractivity contribution in [3.05, 3.63) is 0 Å². The average molecular weight is 301 g/mol. The van der Waals surface area contributed by atoms with Gasteiger partial charge in [0, 0.05) is 20.2 Å². The smallest absolute Gasteiger partial charge is 0.372 e. The molecule has 7 nitrogen and oxygen atoms in total. The van der Waals surface area contributed by atoms with Gasteiger partial charge in [-0.15, -0.1) is 0 Å². The van der Waals surface area contributed by atoms with Crippen LogP contribution in [0, 0.1) is 0 Å². The van der Waals surface area contributed by atoms with Crippen molar-refractivity contribution >= 4 is 16.3 Å². The summed E-state index contributed by atoms with van der Waals surface area (Å²) in [7, 11) is -5.15. The van der Waals surface area contributed by atoms with Crippen LogP contribution in [0.25, 0.3) is 0 Å². The Morgan fingerprint density at radius 3 is 2.50 bits per heavy atom. The van der Waals surface area contributed by atoms with Crippen molar-refractivity contribution in [3.63, 3.8) is 0 Å². The standard InChI is InChI=1S/C9H21NO6P2/c1-4-9(5-2)8-10(6-7-15-9)18(13,14-3)16-17(11)12/h11-12H,4-8H2,1-3H3. The second kappa shape index (κ2) is 6.73. The van der Waals surface area contributed by atoms with E-state index in [0.29, 0.717) is 19.7 Å². The normalized spacial score (nSPS) is 24.1. The van der Waals surface area contributed by atoms with E-state index in [0.717, 1.165) is 12.8 Å². The number of hydrogen-bond acceptors (Lipinski definition) is 6. The molecule has 0 aliphatic carbocycles. The highest BCUT2D eigenvalue weighted by atomic mass is 31.3. The molecule has 18 heavy (non-hydrogen) atoms. The zero-order chi connectivity index (χ0) is 13.8. The van der Waals surface area contributed by atoms with Crippen LogP contribution in [0.15, 0.2) is 0 Å². The molecule has 1 fully saturated rings. The summed E-state index contributed by atoms with van der Waals surface area (Å²) in [4.78, 5) is 17.8. The SMILES string of the molecule is CCC1(CC)CN(P(=O)(OC)OP(O)O)CCO1. The molecular weight excluding hydrogens is 280 g/mol. The van der Waals surface area contributed by atoms with Gasteiger partial charge in [-0.2, -0.15) is 0 Å². The number of nitrogens with zero attached hydrogens (tertiary/aromatic N) is 1. The first-order chi connectivity index (χ1) is 8.41. The van der Waals surface area contributed by atoms with Crippen molar-refractivity contribution in [2.24, 2.45) is 0 Å². The van der Waals surface area contributed by atoms with Gasteiger partial charge in [0.05, 0.1) is 12.2 Å². The minimum absolute atomic E-state index is 0.371. The Labute approximate surface area is 109 Å². The van der Waals surface area contributed by atoms with Crippen molar-refractivity contribution in [1.29, 1.82) is 0 Å². The molecule has 0 radical (unpaired) electrons. The third-order valence-corrected chi connectivity index (χ3v) is 6.18. The van der Waals surface area contributed by atoms with Gasteiger partial charge in [0.1, 0.15) is 0 Å². The summed E-state index contributed by atoms with van der Waals surface area (Å²) < 4.78 is 29.2. The Hall–Kier alpha value is 0.420. The number of rotatable bonds is 6. The molecule has 9 heteroatoms. The van der Waals surface area contributed by atoms with Crippen molar-refractivity contribution in [1.82, 2.24) is 4.67 Å². The van der Waals surface area contributed by atoms with Crippen LogP contribution in [0.5, 0.6) is 0 Å². The highest BCUT2D eigenvalue weighted by Crippen LogP contribution is 2.60. The van der Waals surface area contributed by atoms with E-state index in [4.69, 9.17) is 19.0 Å². The summed E-state index contributed by atoms with van der Waals surface area (Å²) in [6.45, 7) is 5.16. The lowest BCUT2D eigenvalue weighted by molar-refractivity contribution is -0.0982. The Balaban J connectivity index is 2.84. The monoisotopic (exact) mass is 301 g/mol. The molecule has 1 unspecified atom stereocenters. The summed E-state index contributed by atoms with van der Waals surface area (Å²) in [5.74, 6) is 0. The molecule has 1 aliphatic rings. The molecule has 1 saturated heterocycles. The molecule has 0 aromatic rings. The summed E-state index contributed by atoms with van der Waals surface area (Å²) in [5.41, 5.74) is -0.385. The summed E-state index contributed by atoms with van der Waals surface area (Å²) in [5, 5.41) is 0. The molecule has 1 heterocycles. The van der Waals surface area contributed by atoms with Crippen LogP contribution < -0.4 is 0 Å². The van der Waals surface area contributed by atoms with Gasteiger partial charge in [-0.1, -0.05) is 13.8 Å². The molecule has 0 aromatic carbocycles. The first kappa shape index (κ1) is 16.5. The van der Waals surface area contributed by atoms with Gasteiger partial charge in [0.2, 0.25) is 0 Å². The number of hydrogen-bond donors (Lipinski definition) is 2. The maximum absolute atomic E-state index is 12.4. The lowest BCUT2D eigenvalue weighted by atomic mass is 9.96. The van der Waals surface area contributed by atoms with E-state index in [-0.39, 0.29) is 5.60 Å². The quantitative estimate of drug-likeness (QED) is 0.724. The van der Waals surface area contributed by atoms with Crippen LogP contribution in [0.4, 0.5) is 0 Å². The van der Waals surface area contributed by atoms with Gasteiger partial charge < -0.3 is 14.5 Å². The first-order valence-electron chi connectivity index (χ1n) is 5.84. The van der Waals surface area contributed by atoms with Crippen LogP contribution in [-0.2, 0) is 18.1 Å². The number of morpholine rings is 1. The molecule has 2 N–H and O–H groups in total. The maximum atomic E-state index is 12.4. The van der Waals surface area contributed by atoms with E-state index in [9.17, 15) is 4.57 Å². The maximum Gasteiger partial charge on any atom is 0.414 e. The predicted molar refractivity (Wildman–Crippen MR) is 67.9 cm³/mol. The lowest BCUT2D eigenvalue weighted by Crippen LogP contribution is -2.50. The minimum atomic E-state index is -3.66. The molecule has 108 valence electrons. The number of ether oxygens (including phenoxy) is 1. The zero-order valence-corrected chi connectivity index (χ0v) is 12.7. The Kier molecular flexibility index (Phi) is 6.16. The van der Waals surface area contributed by atoms with Crippen LogP contribution in [0.3, 0.4) is 0 Å². The molecule has 1 rings (SSSR count). The third-order valence-electron chi connectivity index (χ3n) is 3.27. The molecule has 0 aromatic heterocycles. The van der Waals surface area contributed by atoms with Crippen molar-refractivity contribution in [2.45, 2.75) is 32.3 Å². The topological polar surface area (TPSA) is 88.5 Å². The fraction of sp³-hybridized carbons (Fsp3) is 1.00. The van der Waals surface area contributed by atoms with E-state index in [1.54, 1.807) is 0 Å². The highest BCUT2D eigenvalue weighted by molar-refractivity contribution is 7.60. The van der Waals surface area contributed by atoms with Crippen molar-refractivity contribution in [3.8, 4) is 0 Å². The predicted octanol–water partition coefficient (Wildman–Crippen LogP) is 1.86. The largest absolute Gasteiger partial charge is 0.414 e. The van der Waals surface area contributed by atoms with Crippen molar-refractivity contribution < 1.29 is 27.9 Å². The second-order valence-electron chi connectivity index (χ2n) is 4.11. The fourth-order valence-electron chi connectivity index (χ4n) is 2.00. The van der Waals surface area contributed by atoms with Gasteiger partial charge in [-0.3, -0.25) is 4.52 Å². The highest BCUT2D eigenvalue weighted by Gasteiger charge is 2.43. The van der Waals surface area contributed by atoms with Gasteiger partial charge >= 0.3 is 16.3 Å². The van der Waals surface area contributed by atoms with Gasteiger partial charge in [-0.05, 0) is 12.8 Å². The van der Waals surface area contributed by atoms with E-state index >= 15 is 0 Å². The summed E-state index contributed by atoms with van der Waals surface area (Å²) in [6, 6.07) is 0. The van der Waals surface area contributed by atoms with E-state index in [1.807, 2.05) is 13.8 Å². The minimum Gasteiger partial charge on any atom is -0.372 e. The van der Waals surface area contributed by atoms with Crippen LogP contribution in [0.1, 0.15) is 26.7 Å². The van der Waals surface area contributed by atoms with E-state index in [2.05, 4.69) is 4.31 Å². The molecule has 0 spiro atoms. The second-order valence-corrected chi connectivity index (χ2v) is 7.14. The Bertz CT molecular complexity index is 309. The molecule has 0 amide bonds. The van der Waals surface area contributed by atoms with Gasteiger partial charge in [-0.25, -0.2) is 13.5 Å². The molecule has 0 bridgehead atoms. The fourth-order valence-corrected chi connectivity index (χ4v) is 4.41. The third kappa shape index (κ3) is 3.71. The molecular formula is C9H21NO6P2. The average Bonchev–Trinajstić information content (AvgIpc) is 2.37. The molecule has 1 atom stereocenters. The summed E-state index contributed by atoms with van der Waals surface area (Å²) >= 11 is 0. The Morgan fingerprint density at radius 2 is 2.06 bits per heavy atom. The van der Waals surface area contributed by atoms with Crippen LogP contribution in [0.2, 0.25) is 0 Å². The van der Waals surface area contributed by atoms with E-state index < -0.39 is 16.3 Å². The van der Waals surface area contributed by atoms with Crippen LogP contribution >= 0.6 is 16.3 Å². The van der Waals surface area contributed by atoms with Gasteiger partial charge in [0.25, 0.3) is 0 Å². The molecule has 0 saturated carbocycles. The lowest BCUT2D eigenvalue weighted by Gasteiger charge is -2.43. The van der Waals surface area contributed by atoms with Crippen molar-refractivity contribution in [2.75, 3.05) is 26.8 Å². The first-order valence-corrected chi connectivity index (χ1v) is 8.50. The Morgan fingerprint density at radius 1 is 1.44 bits per heavy atom. The van der Waals surface area contributed by atoms with Crippen LogP contribution in [-0.4, -0.2) is 46.9 Å². The van der Waals surface area contributed by atoms with E-state index in [1.165, 1.54) is 11.8 Å². The zero-order valence-electron chi connectivity index (χ0n) is 10.9. The summed E-state index contributed by atoms with van der Waals surface area (Å²) in [6.07, 6.45) is 1.55.